The van der Waals surface area contributed by atoms with Crippen LogP contribution in [0.1, 0.15) is 18.1 Å². The molecule has 0 bridgehead atoms. The number of nitrogens with one attached hydrogen (secondary N) is 2. The number of methoxy groups -OCH3 is 1. The third-order valence-electron chi connectivity index (χ3n) is 3.90. The molecule has 5 heteroatoms. The summed E-state index contributed by atoms with van der Waals surface area (Å²) in [6.07, 6.45) is 0.944. The Bertz CT molecular complexity index is 714. The van der Waals surface area contributed by atoms with Gasteiger partial charge in [-0.15, -0.1) is 0 Å². The maximum Gasteiger partial charge on any atom is 0.195 e. The Kier molecular flexibility index (Phi) is 7.14. The van der Waals surface area contributed by atoms with Crippen LogP contribution in [0.15, 0.2) is 47.5 Å². The summed E-state index contributed by atoms with van der Waals surface area (Å²) in [5.41, 5.74) is 3.54. The number of aliphatic imine (C=N–C) groups is 1. The van der Waals surface area contributed by atoms with Crippen LogP contribution in [0, 0.1) is 6.92 Å². The largest absolute Gasteiger partial charge is 0.493 e. The second-order valence-electron chi connectivity index (χ2n) is 5.60. The SMILES string of the molecule is CCOc1ccc(NC(=NC)NCCc2ccccc2C)cc1OC. The van der Waals surface area contributed by atoms with E-state index in [1.807, 2.05) is 25.1 Å². The van der Waals surface area contributed by atoms with E-state index in [1.54, 1.807) is 14.2 Å². The average molecular weight is 341 g/mol. The Hall–Kier alpha value is -2.69. The van der Waals surface area contributed by atoms with Gasteiger partial charge in [-0.25, -0.2) is 0 Å². The van der Waals surface area contributed by atoms with Crippen molar-refractivity contribution >= 4 is 11.6 Å². The molecule has 0 aliphatic rings. The van der Waals surface area contributed by atoms with Crippen molar-refractivity contribution in [2.45, 2.75) is 20.3 Å². The predicted molar refractivity (Wildman–Crippen MR) is 104 cm³/mol. The number of ether oxygens (including phenoxy) is 2. The first-order valence-corrected chi connectivity index (χ1v) is 8.51. The molecule has 134 valence electrons. The minimum atomic E-state index is 0.602. The van der Waals surface area contributed by atoms with Gasteiger partial charge in [-0.05, 0) is 43.5 Å². The lowest BCUT2D eigenvalue weighted by Crippen LogP contribution is -2.32. The van der Waals surface area contributed by atoms with E-state index in [-0.39, 0.29) is 0 Å². The molecule has 0 saturated heterocycles. The molecule has 5 nitrogen and oxygen atoms in total. The molecule has 0 spiro atoms. The number of benzene rings is 2. The molecule has 2 aromatic carbocycles. The fraction of sp³-hybridized carbons (Fsp3) is 0.350. The highest BCUT2D eigenvalue weighted by atomic mass is 16.5. The molecule has 25 heavy (non-hydrogen) atoms. The standard InChI is InChI=1S/C20H27N3O2/c1-5-25-18-11-10-17(14-19(18)24-4)23-20(21-3)22-13-12-16-9-7-6-8-15(16)2/h6-11,14H,5,12-13H2,1-4H3,(H2,21,22,23). The Morgan fingerprint density at radius 2 is 1.92 bits per heavy atom. The monoisotopic (exact) mass is 341 g/mol. The Balaban J connectivity index is 1.94. The zero-order valence-electron chi connectivity index (χ0n) is 15.4. The molecule has 0 fully saturated rings. The zero-order valence-corrected chi connectivity index (χ0v) is 15.4. The molecular weight excluding hydrogens is 314 g/mol. The molecule has 0 aliphatic carbocycles. The van der Waals surface area contributed by atoms with Crippen LogP contribution in [-0.2, 0) is 6.42 Å². The molecule has 2 N–H and O–H groups in total. The summed E-state index contributed by atoms with van der Waals surface area (Å²) < 4.78 is 10.9. The van der Waals surface area contributed by atoms with Crippen LogP contribution >= 0.6 is 0 Å². The first-order chi connectivity index (χ1) is 12.2. The van der Waals surface area contributed by atoms with Crippen LogP contribution in [0.25, 0.3) is 0 Å². The quantitative estimate of drug-likeness (QED) is 0.596. The van der Waals surface area contributed by atoms with Gasteiger partial charge in [-0.1, -0.05) is 24.3 Å². The molecule has 2 aromatic rings. The highest BCUT2D eigenvalue weighted by molar-refractivity contribution is 5.93. The fourth-order valence-corrected chi connectivity index (χ4v) is 2.54. The maximum atomic E-state index is 5.54. The van der Waals surface area contributed by atoms with Crippen molar-refractivity contribution < 1.29 is 9.47 Å². The highest BCUT2D eigenvalue weighted by Gasteiger charge is 2.07. The lowest BCUT2D eigenvalue weighted by Gasteiger charge is -2.15. The van der Waals surface area contributed by atoms with Gasteiger partial charge in [0, 0.05) is 25.3 Å². The molecule has 0 aliphatic heterocycles. The Morgan fingerprint density at radius 3 is 2.60 bits per heavy atom. The van der Waals surface area contributed by atoms with Gasteiger partial charge in [0.05, 0.1) is 13.7 Å². The van der Waals surface area contributed by atoms with Crippen molar-refractivity contribution in [1.29, 1.82) is 0 Å². The van der Waals surface area contributed by atoms with Crippen molar-refractivity contribution in [3.8, 4) is 11.5 Å². The van der Waals surface area contributed by atoms with E-state index in [4.69, 9.17) is 9.47 Å². The number of hydrogen-bond acceptors (Lipinski definition) is 3. The van der Waals surface area contributed by atoms with Crippen molar-refractivity contribution in [3.63, 3.8) is 0 Å². The zero-order chi connectivity index (χ0) is 18.1. The van der Waals surface area contributed by atoms with Crippen molar-refractivity contribution in [1.82, 2.24) is 5.32 Å². The average Bonchev–Trinajstić information content (AvgIpc) is 2.63. The molecule has 2 rings (SSSR count). The van der Waals surface area contributed by atoms with Crippen LogP contribution in [-0.4, -0.2) is 33.3 Å². The number of rotatable bonds is 7. The minimum Gasteiger partial charge on any atom is -0.493 e. The normalized spacial score (nSPS) is 11.1. The minimum absolute atomic E-state index is 0.602. The van der Waals surface area contributed by atoms with E-state index in [9.17, 15) is 0 Å². The third-order valence-corrected chi connectivity index (χ3v) is 3.90. The predicted octanol–water partition coefficient (Wildman–Crippen LogP) is 3.63. The first-order valence-electron chi connectivity index (χ1n) is 8.51. The van der Waals surface area contributed by atoms with Crippen LogP contribution in [0.2, 0.25) is 0 Å². The number of hydrogen-bond donors (Lipinski definition) is 2. The summed E-state index contributed by atoms with van der Waals surface area (Å²) >= 11 is 0. The molecule has 0 unspecified atom stereocenters. The van der Waals surface area contributed by atoms with Gasteiger partial charge in [-0.3, -0.25) is 4.99 Å². The molecule has 0 saturated carbocycles. The van der Waals surface area contributed by atoms with Gasteiger partial charge in [-0.2, -0.15) is 0 Å². The molecule has 0 radical (unpaired) electrons. The summed E-state index contributed by atoms with van der Waals surface area (Å²) in [4.78, 5) is 4.27. The van der Waals surface area contributed by atoms with E-state index >= 15 is 0 Å². The van der Waals surface area contributed by atoms with Crippen molar-refractivity contribution in [2.24, 2.45) is 4.99 Å². The van der Waals surface area contributed by atoms with Gasteiger partial charge >= 0.3 is 0 Å². The van der Waals surface area contributed by atoms with Gasteiger partial charge in [0.25, 0.3) is 0 Å². The van der Waals surface area contributed by atoms with E-state index in [2.05, 4.69) is 46.8 Å². The van der Waals surface area contributed by atoms with Crippen LogP contribution in [0.5, 0.6) is 11.5 Å². The molecule has 0 heterocycles. The second kappa shape index (κ2) is 9.57. The van der Waals surface area contributed by atoms with E-state index in [0.29, 0.717) is 12.4 Å². The van der Waals surface area contributed by atoms with Gasteiger partial charge in [0.1, 0.15) is 0 Å². The summed E-state index contributed by atoms with van der Waals surface area (Å²) in [7, 11) is 3.39. The summed E-state index contributed by atoms with van der Waals surface area (Å²) in [6, 6.07) is 14.2. The summed E-state index contributed by atoms with van der Waals surface area (Å²) in [5.74, 6) is 2.15. The molecular formula is C20H27N3O2. The number of aryl methyl sites for hydroxylation is 1. The van der Waals surface area contributed by atoms with E-state index in [0.717, 1.165) is 30.4 Å². The third kappa shape index (κ3) is 5.41. The van der Waals surface area contributed by atoms with Crippen LogP contribution < -0.4 is 20.1 Å². The van der Waals surface area contributed by atoms with E-state index in [1.165, 1.54) is 11.1 Å². The lowest BCUT2D eigenvalue weighted by atomic mass is 10.1. The topological polar surface area (TPSA) is 54.9 Å². The molecule has 0 aromatic heterocycles. The van der Waals surface area contributed by atoms with Gasteiger partial charge < -0.3 is 20.1 Å². The molecule has 0 atom stereocenters. The maximum absolute atomic E-state index is 5.54. The lowest BCUT2D eigenvalue weighted by molar-refractivity contribution is 0.311. The number of guanidine groups is 1. The van der Waals surface area contributed by atoms with Crippen molar-refractivity contribution in [3.05, 3.63) is 53.6 Å². The van der Waals surface area contributed by atoms with E-state index < -0.39 is 0 Å². The first kappa shape index (κ1) is 18.6. The second-order valence-corrected chi connectivity index (χ2v) is 5.60. The highest BCUT2D eigenvalue weighted by Crippen LogP contribution is 2.30. The summed E-state index contributed by atoms with van der Waals surface area (Å²) in [6.45, 7) is 5.49. The Labute approximate surface area is 150 Å². The van der Waals surface area contributed by atoms with Gasteiger partial charge in [0.15, 0.2) is 17.5 Å². The number of anilines is 1. The fourth-order valence-electron chi connectivity index (χ4n) is 2.54. The molecule has 0 amide bonds. The number of nitrogens with zero attached hydrogens (tertiary/aromatic N) is 1. The van der Waals surface area contributed by atoms with Gasteiger partial charge in [0.2, 0.25) is 0 Å². The van der Waals surface area contributed by atoms with Crippen LogP contribution in [0.4, 0.5) is 5.69 Å². The summed E-state index contributed by atoms with van der Waals surface area (Å²) in [5, 5.41) is 6.61. The van der Waals surface area contributed by atoms with Crippen molar-refractivity contribution in [2.75, 3.05) is 32.6 Å². The smallest absolute Gasteiger partial charge is 0.195 e. The Morgan fingerprint density at radius 1 is 1.12 bits per heavy atom. The van der Waals surface area contributed by atoms with Crippen LogP contribution in [0.3, 0.4) is 0 Å².